The molecule has 26 heavy (non-hydrogen) atoms. The van der Waals surface area contributed by atoms with Crippen LogP contribution in [0.5, 0.6) is 0 Å². The zero-order chi connectivity index (χ0) is 18.0. The molecule has 3 heterocycles. The fourth-order valence-electron chi connectivity index (χ4n) is 3.40. The van der Waals surface area contributed by atoms with Gasteiger partial charge in [-0.1, -0.05) is 18.2 Å². The van der Waals surface area contributed by atoms with Crippen LogP contribution in [0.15, 0.2) is 34.3 Å². The molecule has 7 nitrogen and oxygen atoms in total. The van der Waals surface area contributed by atoms with Crippen LogP contribution in [-0.4, -0.2) is 40.4 Å². The van der Waals surface area contributed by atoms with Crippen molar-refractivity contribution in [2.45, 2.75) is 30.8 Å². The van der Waals surface area contributed by atoms with Crippen molar-refractivity contribution in [3.05, 3.63) is 45.6 Å². The number of nitro groups is 1. The van der Waals surface area contributed by atoms with Gasteiger partial charge in [0.1, 0.15) is 0 Å². The monoisotopic (exact) mass is 369 g/mol. The topological polar surface area (TPSA) is 92.8 Å². The first-order valence-electron chi connectivity index (χ1n) is 8.65. The van der Waals surface area contributed by atoms with E-state index in [9.17, 15) is 10.1 Å². The fourth-order valence-corrected chi connectivity index (χ4v) is 4.40. The minimum atomic E-state index is -1.53. The number of benzene rings is 1. The number of thioether (sulfide) groups is 1. The summed E-state index contributed by atoms with van der Waals surface area (Å²) in [5.41, 5.74) is 4.54. The number of para-hydroxylation sites is 1. The van der Waals surface area contributed by atoms with Crippen LogP contribution >= 0.6 is 11.8 Å². The molecule has 0 atom stereocenters. The highest BCUT2D eigenvalue weighted by atomic mass is 32.2. The number of rotatable bonds is 6. The normalized spacial score (nSPS) is 17.4. The van der Waals surface area contributed by atoms with Gasteiger partial charge in [-0.3, -0.25) is 15.1 Å². The summed E-state index contributed by atoms with van der Waals surface area (Å²) in [4.78, 5) is 23.6. The Morgan fingerprint density at radius 1 is 1.27 bits per heavy atom. The Balaban J connectivity index is 1.53. The van der Waals surface area contributed by atoms with Gasteiger partial charge < -0.3 is 5.32 Å². The molecule has 2 aromatic rings. The number of aliphatic imine (C=N–C) groups is 2. The summed E-state index contributed by atoms with van der Waals surface area (Å²) < 4.78 is 0. The zero-order valence-electron chi connectivity index (χ0n) is 14.2. The van der Waals surface area contributed by atoms with Gasteiger partial charge in [-0.2, -0.15) is 21.7 Å². The molecule has 0 fully saturated rings. The van der Waals surface area contributed by atoms with E-state index < -0.39 is 10.7 Å². The number of nitrogens with one attached hydrogen (secondary N) is 1. The molecule has 0 saturated carbocycles. The summed E-state index contributed by atoms with van der Waals surface area (Å²) >= 11 is 1.92. The van der Waals surface area contributed by atoms with Crippen molar-refractivity contribution in [3.8, 4) is 0 Å². The Morgan fingerprint density at radius 3 is 2.88 bits per heavy atom. The van der Waals surface area contributed by atoms with Crippen molar-refractivity contribution in [2.75, 3.05) is 17.6 Å². The molecule has 0 amide bonds. The number of aromatic nitrogens is 1. The predicted octanol–water partition coefficient (Wildman–Crippen LogP) is 3.30. The van der Waals surface area contributed by atoms with Gasteiger partial charge in [0, 0.05) is 47.1 Å². The van der Waals surface area contributed by atoms with Crippen LogP contribution in [0.4, 0.5) is 5.69 Å². The first-order valence-corrected chi connectivity index (χ1v) is 9.81. The molecule has 1 aromatic heterocycles. The van der Waals surface area contributed by atoms with Crippen molar-refractivity contribution in [1.82, 2.24) is 4.98 Å². The molecule has 0 bridgehead atoms. The molecule has 1 N–H and O–H groups in total. The van der Waals surface area contributed by atoms with Crippen LogP contribution in [0.2, 0.25) is 0 Å². The summed E-state index contributed by atoms with van der Waals surface area (Å²) in [6.45, 7) is 0.631. The number of fused-ring (bicyclic) bond motifs is 2. The Hall–Kier alpha value is -2.48. The second-order valence-corrected chi connectivity index (χ2v) is 7.46. The second-order valence-electron chi connectivity index (χ2n) is 6.35. The Kier molecular flexibility index (Phi) is 4.58. The fraction of sp³-hybridized carbons (Fsp3) is 0.389. The van der Waals surface area contributed by atoms with Crippen LogP contribution in [0.1, 0.15) is 24.1 Å². The molecule has 8 heteroatoms. The molecule has 0 aliphatic carbocycles. The smallest absolute Gasteiger partial charge is 0.384 e. The van der Waals surface area contributed by atoms with E-state index in [1.54, 1.807) is 0 Å². The standard InChI is InChI=1S/C18H19N5O2S/c24-23(25)18(20-9-10-21-18)7-3-8-19-17-13-4-1-2-5-15(13)22-16-6-11-26-12-14(16)17/h1-2,4-5,9-10H,3,6-8,11-12H2,(H,19,22). The maximum Gasteiger partial charge on any atom is 0.411 e. The van der Waals surface area contributed by atoms with E-state index in [0.29, 0.717) is 13.0 Å². The molecular weight excluding hydrogens is 350 g/mol. The maximum absolute atomic E-state index is 11.3. The van der Waals surface area contributed by atoms with Crippen molar-refractivity contribution in [1.29, 1.82) is 0 Å². The van der Waals surface area contributed by atoms with E-state index in [1.807, 2.05) is 30.0 Å². The Labute approximate surface area is 155 Å². The SMILES string of the molecule is O=[N+]([O-])C1(CCCNc2c3c(nc4ccccc24)CCSC3)N=CC=N1. The van der Waals surface area contributed by atoms with Gasteiger partial charge in [0.05, 0.1) is 16.9 Å². The molecule has 1 aromatic carbocycles. The predicted molar refractivity (Wildman–Crippen MR) is 106 cm³/mol. The first kappa shape index (κ1) is 17.0. The van der Waals surface area contributed by atoms with Gasteiger partial charge in [0.15, 0.2) is 0 Å². The summed E-state index contributed by atoms with van der Waals surface area (Å²) in [6.07, 6.45) is 4.67. The average Bonchev–Trinajstić information content (AvgIpc) is 3.14. The maximum atomic E-state index is 11.3. The van der Waals surface area contributed by atoms with Crippen molar-refractivity contribution >= 4 is 40.8 Å². The second kappa shape index (κ2) is 7.03. The van der Waals surface area contributed by atoms with Crippen molar-refractivity contribution in [2.24, 2.45) is 9.98 Å². The number of nitrogens with zero attached hydrogens (tertiary/aromatic N) is 4. The van der Waals surface area contributed by atoms with Gasteiger partial charge >= 0.3 is 5.79 Å². The number of hydrogen-bond donors (Lipinski definition) is 1. The average molecular weight is 369 g/mol. The zero-order valence-corrected chi connectivity index (χ0v) is 15.0. The Bertz CT molecular complexity index is 900. The lowest BCUT2D eigenvalue weighted by Crippen LogP contribution is -2.33. The van der Waals surface area contributed by atoms with E-state index in [1.165, 1.54) is 18.0 Å². The third kappa shape index (κ3) is 3.05. The van der Waals surface area contributed by atoms with E-state index in [2.05, 4.69) is 21.4 Å². The van der Waals surface area contributed by atoms with Gasteiger partial charge in [-0.25, -0.2) is 0 Å². The summed E-state index contributed by atoms with van der Waals surface area (Å²) in [5, 5.41) is 15.9. The van der Waals surface area contributed by atoms with Crippen LogP contribution in [0, 0.1) is 10.1 Å². The van der Waals surface area contributed by atoms with E-state index in [4.69, 9.17) is 4.98 Å². The van der Waals surface area contributed by atoms with Gasteiger partial charge in [-0.15, -0.1) is 0 Å². The molecule has 4 rings (SSSR count). The number of anilines is 1. The third-order valence-electron chi connectivity index (χ3n) is 4.72. The minimum Gasteiger partial charge on any atom is -0.384 e. The van der Waals surface area contributed by atoms with Crippen LogP contribution < -0.4 is 5.32 Å². The molecule has 0 unspecified atom stereocenters. The van der Waals surface area contributed by atoms with Gasteiger partial charge in [0.25, 0.3) is 0 Å². The first-order chi connectivity index (χ1) is 12.7. The summed E-state index contributed by atoms with van der Waals surface area (Å²) in [5.74, 6) is 0.513. The van der Waals surface area contributed by atoms with Crippen LogP contribution in [-0.2, 0) is 12.2 Å². The molecule has 0 spiro atoms. The quantitative estimate of drug-likeness (QED) is 0.479. The lowest BCUT2D eigenvalue weighted by molar-refractivity contribution is -0.566. The number of aryl methyl sites for hydroxylation is 1. The third-order valence-corrected chi connectivity index (χ3v) is 5.71. The molecule has 134 valence electrons. The van der Waals surface area contributed by atoms with E-state index >= 15 is 0 Å². The summed E-state index contributed by atoms with van der Waals surface area (Å²) in [6, 6.07) is 8.13. The van der Waals surface area contributed by atoms with Crippen molar-refractivity contribution in [3.63, 3.8) is 0 Å². The van der Waals surface area contributed by atoms with Crippen LogP contribution in [0.3, 0.4) is 0 Å². The Morgan fingerprint density at radius 2 is 2.08 bits per heavy atom. The lowest BCUT2D eigenvalue weighted by Gasteiger charge is -2.21. The van der Waals surface area contributed by atoms with Gasteiger partial charge in [-0.05, 0) is 24.7 Å². The lowest BCUT2D eigenvalue weighted by atomic mass is 10.0. The molecule has 2 aliphatic rings. The van der Waals surface area contributed by atoms with Gasteiger partial charge in [0.2, 0.25) is 0 Å². The van der Waals surface area contributed by atoms with Crippen molar-refractivity contribution < 1.29 is 4.92 Å². The molecule has 0 radical (unpaired) electrons. The highest BCUT2D eigenvalue weighted by molar-refractivity contribution is 7.98. The molecule has 2 aliphatic heterocycles. The number of pyridine rings is 1. The van der Waals surface area contributed by atoms with E-state index in [-0.39, 0.29) is 6.42 Å². The minimum absolute atomic E-state index is 0.278. The van der Waals surface area contributed by atoms with Crippen LogP contribution in [0.25, 0.3) is 10.9 Å². The summed E-state index contributed by atoms with van der Waals surface area (Å²) in [7, 11) is 0. The highest BCUT2D eigenvalue weighted by Gasteiger charge is 2.42. The van der Waals surface area contributed by atoms with E-state index in [0.717, 1.165) is 40.2 Å². The number of hydrogen-bond acceptors (Lipinski definition) is 7. The largest absolute Gasteiger partial charge is 0.411 e. The molecular formula is C18H19N5O2S. The molecule has 0 saturated heterocycles. The highest BCUT2D eigenvalue weighted by Crippen LogP contribution is 2.35.